The third-order valence-corrected chi connectivity index (χ3v) is 17.7. The minimum Gasteiger partial charge on any atom is -0.344 e. The Hall–Kier alpha value is -9.96. The van der Waals surface area contributed by atoms with Gasteiger partial charge in [-0.2, -0.15) is 0 Å². The minimum atomic E-state index is -0.727. The van der Waals surface area contributed by atoms with Crippen molar-refractivity contribution in [2.45, 2.75) is 11.3 Å². The van der Waals surface area contributed by atoms with Crippen LogP contribution >= 0.6 is 0 Å². The van der Waals surface area contributed by atoms with Crippen molar-refractivity contribution in [2.24, 2.45) is 14.1 Å². The van der Waals surface area contributed by atoms with Crippen LogP contribution in [0.3, 0.4) is 0 Å². The maximum Gasteiger partial charge on any atom is 0.0714 e. The first-order valence-corrected chi connectivity index (χ1v) is 27.6. The van der Waals surface area contributed by atoms with E-state index in [1.54, 1.807) is 0 Å². The number of anilines is 3. The average molecular weight is 1010 g/mol. The lowest BCUT2D eigenvalue weighted by Crippen LogP contribution is -2.29. The number of fused-ring (bicyclic) bond motifs is 13. The van der Waals surface area contributed by atoms with Crippen LogP contribution in [-0.2, 0) is 19.5 Å². The number of aromatic nitrogens is 2. The van der Waals surface area contributed by atoms with Crippen molar-refractivity contribution in [3.8, 4) is 11.1 Å². The lowest BCUT2D eigenvalue weighted by atomic mass is 9.67. The van der Waals surface area contributed by atoms with Crippen LogP contribution in [0.5, 0.6) is 0 Å². The third kappa shape index (κ3) is 6.60. The Morgan fingerprint density at radius 3 is 1.51 bits per heavy atom. The van der Waals surface area contributed by atoms with Crippen molar-refractivity contribution in [2.75, 3.05) is 4.90 Å². The fraction of sp³-hybridized carbons (Fsp3) is 0.0526. The zero-order valence-electron chi connectivity index (χ0n) is 44.0. The normalized spacial score (nSPS) is 13.2. The average Bonchev–Trinajstić information content (AvgIpc) is 4.28. The first-order chi connectivity index (χ1) is 39.0. The molecule has 3 nitrogen and oxygen atoms in total. The van der Waals surface area contributed by atoms with E-state index < -0.39 is 5.41 Å². The largest absolute Gasteiger partial charge is 0.344 e. The van der Waals surface area contributed by atoms with Crippen molar-refractivity contribution >= 4 is 93.0 Å². The van der Waals surface area contributed by atoms with Crippen LogP contribution in [0, 0.1) is 0 Å². The molecule has 0 fully saturated rings. The molecule has 2 heterocycles. The van der Waals surface area contributed by atoms with Crippen LogP contribution < -0.4 is 4.90 Å². The molecule has 0 saturated heterocycles. The highest BCUT2D eigenvalue weighted by molar-refractivity contribution is 6.14. The molecule has 3 heteroatoms. The summed E-state index contributed by atoms with van der Waals surface area (Å²) in [6.07, 6.45) is 0. The lowest BCUT2D eigenvalue weighted by Gasteiger charge is -2.36. The van der Waals surface area contributed by atoms with Gasteiger partial charge >= 0.3 is 0 Å². The van der Waals surface area contributed by atoms with Gasteiger partial charge in [0.15, 0.2) is 0 Å². The quantitative estimate of drug-likeness (QED) is 0.138. The van der Waals surface area contributed by atoms with E-state index in [-0.39, 0.29) is 5.92 Å². The molecule has 0 aliphatic heterocycles. The second-order valence-electron chi connectivity index (χ2n) is 21.6. The molecule has 0 N–H and O–H groups in total. The summed E-state index contributed by atoms with van der Waals surface area (Å²) in [6.45, 7) is 0. The van der Waals surface area contributed by atoms with Crippen molar-refractivity contribution in [3.63, 3.8) is 0 Å². The highest BCUT2D eigenvalue weighted by Gasteiger charge is 2.48. The van der Waals surface area contributed by atoms with Crippen LogP contribution in [-0.4, -0.2) is 9.13 Å². The Morgan fingerprint density at radius 1 is 0.329 bits per heavy atom. The van der Waals surface area contributed by atoms with E-state index in [1.807, 2.05) is 0 Å². The lowest BCUT2D eigenvalue weighted by molar-refractivity contribution is 0.766. The van der Waals surface area contributed by atoms with Gasteiger partial charge in [0, 0.05) is 74.6 Å². The molecule has 0 amide bonds. The fourth-order valence-electron chi connectivity index (χ4n) is 14.2. The van der Waals surface area contributed by atoms with Gasteiger partial charge in [0.1, 0.15) is 0 Å². The van der Waals surface area contributed by atoms with E-state index in [4.69, 9.17) is 0 Å². The van der Waals surface area contributed by atoms with E-state index in [0.29, 0.717) is 0 Å². The Bertz CT molecular complexity index is 4890. The predicted octanol–water partition coefficient (Wildman–Crippen LogP) is 19.4. The summed E-state index contributed by atoms with van der Waals surface area (Å²) in [7, 11) is 4.41. The monoisotopic (exact) mass is 1010 g/mol. The van der Waals surface area contributed by atoms with Crippen LogP contribution in [0.1, 0.15) is 44.9 Å². The highest BCUT2D eigenvalue weighted by atomic mass is 15.1. The molecule has 0 saturated carbocycles. The topological polar surface area (TPSA) is 13.1 Å². The summed E-state index contributed by atoms with van der Waals surface area (Å²) in [6, 6.07) is 105. The molecule has 0 spiro atoms. The number of para-hydroxylation sites is 2. The molecule has 1 aliphatic rings. The Morgan fingerprint density at radius 2 is 0.823 bits per heavy atom. The molecule has 79 heavy (non-hydrogen) atoms. The van der Waals surface area contributed by atoms with E-state index in [1.165, 1.54) is 126 Å². The van der Waals surface area contributed by atoms with Crippen molar-refractivity contribution < 1.29 is 0 Å². The van der Waals surface area contributed by atoms with Crippen molar-refractivity contribution in [1.29, 1.82) is 0 Å². The van der Waals surface area contributed by atoms with Crippen molar-refractivity contribution in [1.82, 2.24) is 9.13 Å². The smallest absolute Gasteiger partial charge is 0.0714 e. The molecule has 1 aliphatic carbocycles. The van der Waals surface area contributed by atoms with Gasteiger partial charge in [-0.05, 0) is 114 Å². The first kappa shape index (κ1) is 45.3. The fourth-order valence-corrected chi connectivity index (χ4v) is 14.2. The number of benzene rings is 13. The van der Waals surface area contributed by atoms with Gasteiger partial charge in [-0.1, -0.05) is 237 Å². The summed E-state index contributed by atoms with van der Waals surface area (Å²) in [5.41, 5.74) is 18.8. The van der Waals surface area contributed by atoms with Gasteiger partial charge in [0.25, 0.3) is 0 Å². The van der Waals surface area contributed by atoms with Crippen LogP contribution in [0.4, 0.5) is 17.1 Å². The van der Waals surface area contributed by atoms with Gasteiger partial charge in [-0.15, -0.1) is 0 Å². The second kappa shape index (κ2) is 17.5. The van der Waals surface area contributed by atoms with Gasteiger partial charge in [0.2, 0.25) is 0 Å². The molecule has 1 atom stereocenters. The zero-order valence-corrected chi connectivity index (χ0v) is 44.0. The molecule has 1 unspecified atom stereocenters. The molecule has 16 rings (SSSR count). The molecule has 15 aromatic rings. The van der Waals surface area contributed by atoms with Gasteiger partial charge in [-0.25, -0.2) is 0 Å². The maximum absolute atomic E-state index is 2.60. The number of aryl methyl sites for hydroxylation is 2. The SMILES string of the molecule is Cn1c2ccccc2c2ccc(C(c3ccc4c(c3)C(c3ccccc3)(c3ccccc3)c3cc(N(c5ccc6c7ccccc7n(C)c6c5)c5cccc6ccccc56)c5ccccc5c3-4)c3cccc4ccccc34)cc21. The van der Waals surface area contributed by atoms with E-state index >= 15 is 0 Å². The standard InChI is InChI=1S/C76H53N3/c1-77-68-36-17-15-31-58(68)61-42-39-52(46-71(61)77)74(63-35-19-23-49-21-9-11-29-56(49)63)51-40-43-65-66(45-51)76(53-25-5-3-6-26-53,54-27-7-4-8-28-54)67-48-73(60-33-13-14-34-64(60)75(65)67)79(70-38-20-24-50-22-10-12-30-57(50)70)55-41-44-62-59-32-16-18-37-69(59)78(2)72(62)47-55/h3-48,74H,1-2H3. The van der Waals surface area contributed by atoms with E-state index in [0.717, 1.165) is 17.1 Å². The van der Waals surface area contributed by atoms with Crippen LogP contribution in [0.25, 0.3) is 87.1 Å². The van der Waals surface area contributed by atoms with E-state index in [9.17, 15) is 0 Å². The molecule has 0 radical (unpaired) electrons. The third-order valence-electron chi connectivity index (χ3n) is 17.7. The maximum atomic E-state index is 2.60. The number of hydrogen-bond acceptors (Lipinski definition) is 1. The van der Waals surface area contributed by atoms with Crippen LogP contribution in [0.2, 0.25) is 0 Å². The molecular weight excluding hydrogens is 955 g/mol. The number of nitrogens with zero attached hydrogens (tertiary/aromatic N) is 3. The molecular formula is C76H53N3. The predicted molar refractivity (Wildman–Crippen MR) is 333 cm³/mol. The first-order valence-electron chi connectivity index (χ1n) is 27.6. The Labute approximate surface area is 459 Å². The summed E-state index contributed by atoms with van der Waals surface area (Å²) in [5, 5.41) is 12.4. The minimum absolute atomic E-state index is 0.0926. The second-order valence-corrected chi connectivity index (χ2v) is 21.6. The summed E-state index contributed by atoms with van der Waals surface area (Å²) in [4.78, 5) is 2.55. The molecule has 2 aromatic heterocycles. The molecule has 13 aromatic carbocycles. The van der Waals surface area contributed by atoms with E-state index in [2.05, 4.69) is 307 Å². The Balaban J connectivity index is 1.01. The van der Waals surface area contributed by atoms with Crippen molar-refractivity contribution in [3.05, 3.63) is 318 Å². The van der Waals surface area contributed by atoms with Gasteiger partial charge in [0.05, 0.1) is 22.3 Å². The highest BCUT2D eigenvalue weighted by Crippen LogP contribution is 2.61. The zero-order chi connectivity index (χ0) is 52.3. The summed E-state index contributed by atoms with van der Waals surface area (Å²) >= 11 is 0. The molecule has 0 bridgehead atoms. The van der Waals surface area contributed by atoms with Gasteiger partial charge < -0.3 is 14.0 Å². The summed E-state index contributed by atoms with van der Waals surface area (Å²) in [5.74, 6) is -0.0926. The summed E-state index contributed by atoms with van der Waals surface area (Å²) < 4.78 is 4.72. The van der Waals surface area contributed by atoms with Crippen LogP contribution in [0.15, 0.2) is 279 Å². The van der Waals surface area contributed by atoms with Gasteiger partial charge in [-0.3, -0.25) is 0 Å². The Kier molecular flexibility index (Phi) is 10.0. The number of hydrogen-bond donors (Lipinski definition) is 0. The molecule has 372 valence electrons. The number of rotatable bonds is 8.